The third kappa shape index (κ3) is 6.34. The lowest BCUT2D eigenvalue weighted by Gasteiger charge is -2.33. The van der Waals surface area contributed by atoms with E-state index in [2.05, 4.69) is 22.1 Å². The van der Waals surface area contributed by atoms with Crippen LogP contribution in [0.25, 0.3) is 0 Å². The summed E-state index contributed by atoms with van der Waals surface area (Å²) in [7, 11) is 1.46. The summed E-state index contributed by atoms with van der Waals surface area (Å²) in [5.74, 6) is 1.49. The molecule has 2 fully saturated rings. The second kappa shape index (κ2) is 11.0. The molecule has 1 saturated heterocycles. The van der Waals surface area contributed by atoms with Gasteiger partial charge in [0.1, 0.15) is 6.10 Å². The van der Waals surface area contributed by atoms with Gasteiger partial charge in [-0.1, -0.05) is 12.5 Å². The average molecular weight is 403 g/mol. The number of hydrogen-bond donors (Lipinski definition) is 1. The maximum absolute atomic E-state index is 11.7. The molecule has 29 heavy (non-hydrogen) atoms. The number of nitrogens with zero attached hydrogens (tertiary/aromatic N) is 3. The van der Waals surface area contributed by atoms with Gasteiger partial charge in [0.05, 0.1) is 19.6 Å². The molecular formula is C22H34N4O3. The van der Waals surface area contributed by atoms with Gasteiger partial charge in [0.15, 0.2) is 5.96 Å². The molecule has 1 aromatic rings. The number of aliphatic imine (C=N–C) groups is 1. The number of carbonyl (C=O) groups excluding carboxylic acids is 1. The fourth-order valence-corrected chi connectivity index (χ4v) is 4.01. The average Bonchev–Trinajstić information content (AvgIpc) is 2.78. The Morgan fingerprint density at radius 2 is 1.97 bits per heavy atom. The summed E-state index contributed by atoms with van der Waals surface area (Å²) in [6.07, 6.45) is 9.85. The molecule has 1 N–H and O–H groups in total. The van der Waals surface area contributed by atoms with Crippen LogP contribution in [-0.4, -0.2) is 54.7 Å². The monoisotopic (exact) mass is 402 g/mol. The van der Waals surface area contributed by atoms with Crippen molar-refractivity contribution in [2.45, 2.75) is 64.5 Å². The van der Waals surface area contributed by atoms with Crippen LogP contribution >= 0.6 is 0 Å². The normalized spacial score (nSPS) is 19.1. The van der Waals surface area contributed by atoms with Crippen LogP contribution in [0.4, 0.5) is 0 Å². The van der Waals surface area contributed by atoms with Crippen LogP contribution in [0, 0.1) is 5.92 Å². The van der Waals surface area contributed by atoms with Gasteiger partial charge in [0.25, 0.3) is 0 Å². The first kappa shape index (κ1) is 21.4. The number of aromatic nitrogens is 1. The maximum Gasteiger partial charge on any atom is 0.308 e. The number of nitrogens with one attached hydrogen (secondary N) is 1. The van der Waals surface area contributed by atoms with Crippen molar-refractivity contribution in [3.8, 4) is 5.88 Å². The maximum atomic E-state index is 11.7. The number of carbonyl (C=O) groups is 1. The molecule has 3 rings (SSSR count). The van der Waals surface area contributed by atoms with Crippen molar-refractivity contribution in [2.24, 2.45) is 10.9 Å². The van der Waals surface area contributed by atoms with Gasteiger partial charge < -0.3 is 19.7 Å². The molecule has 2 heterocycles. The number of likely N-dealkylation sites (tertiary alicyclic amines) is 1. The predicted octanol–water partition coefficient (Wildman–Crippen LogP) is 3.14. The minimum Gasteiger partial charge on any atom is -0.474 e. The van der Waals surface area contributed by atoms with Crippen LogP contribution in [-0.2, 0) is 16.1 Å². The standard InChI is InChI=1S/C22H34N4O3/c1-3-23-22(26-13-11-18(12-14-26)21(27)28-2)25-16-17-9-10-20(24-15-17)29-19-7-5-4-6-8-19/h9-10,15,18-19H,3-8,11-14,16H2,1-2H3,(H,23,25). The minimum absolute atomic E-state index is 0.0000326. The summed E-state index contributed by atoms with van der Waals surface area (Å²) in [5, 5.41) is 3.36. The van der Waals surface area contributed by atoms with E-state index in [4.69, 9.17) is 14.5 Å². The second-order valence-corrected chi connectivity index (χ2v) is 7.84. The summed E-state index contributed by atoms with van der Waals surface area (Å²) in [6.45, 7) is 5.05. The van der Waals surface area contributed by atoms with E-state index in [0.717, 1.165) is 56.8 Å². The van der Waals surface area contributed by atoms with Crippen LogP contribution in [0.3, 0.4) is 0 Å². The Kier molecular flexibility index (Phi) is 8.14. The van der Waals surface area contributed by atoms with Gasteiger partial charge in [-0.2, -0.15) is 0 Å². The number of piperidine rings is 1. The van der Waals surface area contributed by atoms with Crippen LogP contribution in [0.1, 0.15) is 57.4 Å². The molecule has 7 heteroatoms. The van der Waals surface area contributed by atoms with E-state index >= 15 is 0 Å². The SMILES string of the molecule is CCNC(=NCc1ccc(OC2CCCCC2)nc1)N1CCC(C(=O)OC)CC1. The first-order valence-electron chi connectivity index (χ1n) is 10.9. The molecule has 0 atom stereocenters. The number of guanidine groups is 1. The smallest absolute Gasteiger partial charge is 0.308 e. The highest BCUT2D eigenvalue weighted by molar-refractivity contribution is 5.80. The van der Waals surface area contributed by atoms with E-state index in [9.17, 15) is 4.79 Å². The highest BCUT2D eigenvalue weighted by Crippen LogP contribution is 2.22. The summed E-state index contributed by atoms with van der Waals surface area (Å²) in [6, 6.07) is 4.00. The zero-order valence-electron chi connectivity index (χ0n) is 17.7. The topological polar surface area (TPSA) is 76.1 Å². The number of rotatable bonds is 6. The van der Waals surface area contributed by atoms with Crippen molar-refractivity contribution in [3.63, 3.8) is 0 Å². The molecule has 1 aliphatic heterocycles. The van der Waals surface area contributed by atoms with E-state index < -0.39 is 0 Å². The Morgan fingerprint density at radius 3 is 2.59 bits per heavy atom. The zero-order chi connectivity index (χ0) is 20.5. The molecule has 0 aromatic carbocycles. The molecule has 1 saturated carbocycles. The van der Waals surface area contributed by atoms with Crippen molar-refractivity contribution in [3.05, 3.63) is 23.9 Å². The third-order valence-corrected chi connectivity index (χ3v) is 5.71. The Balaban J connectivity index is 1.53. The Morgan fingerprint density at radius 1 is 1.21 bits per heavy atom. The second-order valence-electron chi connectivity index (χ2n) is 7.84. The highest BCUT2D eigenvalue weighted by atomic mass is 16.5. The van der Waals surface area contributed by atoms with Crippen LogP contribution < -0.4 is 10.1 Å². The van der Waals surface area contributed by atoms with E-state index in [0.29, 0.717) is 18.5 Å². The lowest BCUT2D eigenvalue weighted by Crippen LogP contribution is -2.46. The van der Waals surface area contributed by atoms with Crippen molar-refractivity contribution in [2.75, 3.05) is 26.7 Å². The van der Waals surface area contributed by atoms with Crippen LogP contribution in [0.2, 0.25) is 0 Å². The van der Waals surface area contributed by atoms with Crippen molar-refractivity contribution < 1.29 is 14.3 Å². The van der Waals surface area contributed by atoms with Gasteiger partial charge in [-0.05, 0) is 51.0 Å². The van der Waals surface area contributed by atoms with E-state index in [1.807, 2.05) is 18.3 Å². The van der Waals surface area contributed by atoms with Crippen molar-refractivity contribution in [1.82, 2.24) is 15.2 Å². The van der Waals surface area contributed by atoms with Gasteiger partial charge in [0, 0.05) is 31.9 Å². The van der Waals surface area contributed by atoms with E-state index in [1.54, 1.807) is 0 Å². The molecule has 160 valence electrons. The number of pyridine rings is 1. The molecule has 0 radical (unpaired) electrons. The van der Waals surface area contributed by atoms with Crippen LogP contribution in [0.5, 0.6) is 5.88 Å². The summed E-state index contributed by atoms with van der Waals surface area (Å²) in [4.78, 5) is 23.2. The molecular weight excluding hydrogens is 368 g/mol. The Hall–Kier alpha value is -2.31. The van der Waals surface area contributed by atoms with Gasteiger partial charge in [0.2, 0.25) is 5.88 Å². The molecule has 0 unspecified atom stereocenters. The summed E-state index contributed by atoms with van der Waals surface area (Å²) in [5.41, 5.74) is 1.06. The quantitative estimate of drug-likeness (QED) is 0.448. The first-order chi connectivity index (χ1) is 14.2. The third-order valence-electron chi connectivity index (χ3n) is 5.71. The molecule has 0 amide bonds. The first-order valence-corrected chi connectivity index (χ1v) is 10.9. The largest absolute Gasteiger partial charge is 0.474 e. The number of hydrogen-bond acceptors (Lipinski definition) is 5. The fraction of sp³-hybridized carbons (Fsp3) is 0.682. The van der Waals surface area contributed by atoms with E-state index in [-0.39, 0.29) is 11.9 Å². The van der Waals surface area contributed by atoms with Gasteiger partial charge in [-0.15, -0.1) is 0 Å². The minimum atomic E-state index is -0.104. The van der Waals surface area contributed by atoms with Gasteiger partial charge in [-0.3, -0.25) is 4.79 Å². The number of ether oxygens (including phenoxy) is 2. The fourth-order valence-electron chi connectivity index (χ4n) is 4.01. The zero-order valence-corrected chi connectivity index (χ0v) is 17.7. The molecule has 1 aliphatic carbocycles. The molecule has 0 bridgehead atoms. The Labute approximate surface area is 173 Å². The summed E-state index contributed by atoms with van der Waals surface area (Å²) >= 11 is 0. The predicted molar refractivity (Wildman–Crippen MR) is 113 cm³/mol. The molecule has 1 aromatic heterocycles. The van der Waals surface area contributed by atoms with E-state index in [1.165, 1.54) is 26.4 Å². The Bertz CT molecular complexity index is 663. The summed E-state index contributed by atoms with van der Waals surface area (Å²) < 4.78 is 10.9. The lowest BCUT2D eigenvalue weighted by atomic mass is 9.97. The van der Waals surface area contributed by atoms with Crippen molar-refractivity contribution >= 4 is 11.9 Å². The molecule has 7 nitrogen and oxygen atoms in total. The lowest BCUT2D eigenvalue weighted by molar-refractivity contribution is -0.146. The number of methoxy groups -OCH3 is 1. The number of esters is 1. The van der Waals surface area contributed by atoms with Crippen molar-refractivity contribution in [1.29, 1.82) is 0 Å². The highest BCUT2D eigenvalue weighted by Gasteiger charge is 2.27. The van der Waals surface area contributed by atoms with Crippen LogP contribution in [0.15, 0.2) is 23.3 Å². The van der Waals surface area contributed by atoms with Gasteiger partial charge >= 0.3 is 5.97 Å². The van der Waals surface area contributed by atoms with Gasteiger partial charge in [-0.25, -0.2) is 9.98 Å². The molecule has 0 spiro atoms. The molecule has 2 aliphatic rings.